The fraction of sp³-hybridized carbons (Fsp3) is 0.333. The number of aliphatic hydroxyl groups excluding tert-OH is 1. The van der Waals surface area contributed by atoms with Gasteiger partial charge in [-0.2, -0.15) is 0 Å². The SMILES string of the molecule is COc1ccccc1C(O)CN=[N+]=[N-]. The topological polar surface area (TPSA) is 78.2 Å². The van der Waals surface area contributed by atoms with Crippen LogP contribution in [0.3, 0.4) is 0 Å². The van der Waals surface area contributed by atoms with Gasteiger partial charge in [0.25, 0.3) is 0 Å². The zero-order chi connectivity index (χ0) is 10.4. The van der Waals surface area contributed by atoms with Crippen LogP contribution in [-0.2, 0) is 0 Å². The van der Waals surface area contributed by atoms with Crippen molar-refractivity contribution in [1.82, 2.24) is 0 Å². The molecular weight excluding hydrogens is 182 g/mol. The van der Waals surface area contributed by atoms with Crippen molar-refractivity contribution in [3.8, 4) is 5.75 Å². The van der Waals surface area contributed by atoms with E-state index < -0.39 is 6.10 Å². The molecule has 0 aliphatic rings. The summed E-state index contributed by atoms with van der Waals surface area (Å²) in [7, 11) is 1.53. The van der Waals surface area contributed by atoms with Crippen molar-refractivity contribution in [1.29, 1.82) is 0 Å². The molecule has 1 aromatic rings. The summed E-state index contributed by atoms with van der Waals surface area (Å²) in [6, 6.07) is 7.07. The number of aliphatic hydroxyl groups is 1. The van der Waals surface area contributed by atoms with Crippen molar-refractivity contribution in [2.75, 3.05) is 13.7 Å². The first-order chi connectivity index (χ1) is 6.79. The summed E-state index contributed by atoms with van der Waals surface area (Å²) >= 11 is 0. The monoisotopic (exact) mass is 193 g/mol. The molecule has 5 heteroatoms. The number of methoxy groups -OCH3 is 1. The highest BCUT2D eigenvalue weighted by Crippen LogP contribution is 2.24. The van der Waals surface area contributed by atoms with E-state index in [-0.39, 0.29) is 6.54 Å². The molecular formula is C9H11N3O2. The smallest absolute Gasteiger partial charge is 0.124 e. The maximum atomic E-state index is 9.62. The molecule has 1 unspecified atom stereocenters. The summed E-state index contributed by atoms with van der Waals surface area (Å²) in [6.07, 6.45) is -0.818. The largest absolute Gasteiger partial charge is 0.496 e. The lowest BCUT2D eigenvalue weighted by molar-refractivity contribution is 0.182. The Morgan fingerprint density at radius 2 is 2.29 bits per heavy atom. The second kappa shape index (κ2) is 5.11. The van der Waals surface area contributed by atoms with Crippen molar-refractivity contribution >= 4 is 0 Å². The van der Waals surface area contributed by atoms with E-state index in [4.69, 9.17) is 10.3 Å². The number of hydrogen-bond acceptors (Lipinski definition) is 3. The maximum Gasteiger partial charge on any atom is 0.124 e. The quantitative estimate of drug-likeness (QED) is 0.451. The summed E-state index contributed by atoms with van der Waals surface area (Å²) in [5, 5.41) is 12.9. The van der Waals surface area contributed by atoms with Gasteiger partial charge in [-0.1, -0.05) is 23.3 Å². The summed E-state index contributed by atoms with van der Waals surface area (Å²) in [6.45, 7) is 0.0108. The van der Waals surface area contributed by atoms with Crippen LogP contribution in [0.15, 0.2) is 29.4 Å². The Morgan fingerprint density at radius 3 is 2.93 bits per heavy atom. The Balaban J connectivity index is 2.87. The molecule has 74 valence electrons. The number of nitrogens with zero attached hydrogens (tertiary/aromatic N) is 3. The molecule has 0 saturated heterocycles. The standard InChI is InChI=1S/C9H11N3O2/c1-14-9-5-3-2-4-7(9)8(13)6-11-12-10/h2-5,8,13H,6H2,1H3. The molecule has 0 saturated carbocycles. The van der Waals surface area contributed by atoms with E-state index in [2.05, 4.69) is 10.0 Å². The van der Waals surface area contributed by atoms with Gasteiger partial charge in [-0.05, 0) is 11.6 Å². The molecule has 0 fully saturated rings. The van der Waals surface area contributed by atoms with E-state index in [9.17, 15) is 5.11 Å². The minimum atomic E-state index is -0.818. The predicted octanol–water partition coefficient (Wildman–Crippen LogP) is 2.04. The molecule has 1 rings (SSSR count). The fourth-order valence-corrected chi connectivity index (χ4v) is 1.15. The molecule has 1 atom stereocenters. The van der Waals surface area contributed by atoms with Crippen LogP contribution in [0, 0.1) is 0 Å². The van der Waals surface area contributed by atoms with Gasteiger partial charge in [0.15, 0.2) is 0 Å². The highest BCUT2D eigenvalue weighted by Gasteiger charge is 2.10. The molecule has 0 amide bonds. The van der Waals surface area contributed by atoms with Crippen molar-refractivity contribution in [2.24, 2.45) is 5.11 Å². The third-order valence-electron chi connectivity index (χ3n) is 1.82. The Kier molecular flexibility index (Phi) is 3.79. The maximum absolute atomic E-state index is 9.62. The zero-order valence-corrected chi connectivity index (χ0v) is 7.79. The van der Waals surface area contributed by atoms with Crippen molar-refractivity contribution in [3.05, 3.63) is 40.3 Å². The lowest BCUT2D eigenvalue weighted by Gasteiger charge is -2.11. The first-order valence-corrected chi connectivity index (χ1v) is 4.11. The minimum absolute atomic E-state index is 0.0108. The molecule has 0 bridgehead atoms. The van der Waals surface area contributed by atoms with Gasteiger partial charge >= 0.3 is 0 Å². The number of hydrogen-bond donors (Lipinski definition) is 1. The van der Waals surface area contributed by atoms with Gasteiger partial charge in [-0.3, -0.25) is 0 Å². The summed E-state index contributed by atoms with van der Waals surface area (Å²) in [4.78, 5) is 2.58. The Morgan fingerprint density at radius 1 is 1.57 bits per heavy atom. The van der Waals surface area contributed by atoms with Gasteiger partial charge in [0, 0.05) is 10.5 Å². The second-order valence-electron chi connectivity index (χ2n) is 2.67. The van der Waals surface area contributed by atoms with E-state index in [1.165, 1.54) is 7.11 Å². The van der Waals surface area contributed by atoms with Gasteiger partial charge in [-0.15, -0.1) is 0 Å². The third-order valence-corrected chi connectivity index (χ3v) is 1.82. The molecule has 0 aliphatic carbocycles. The van der Waals surface area contributed by atoms with Crippen molar-refractivity contribution in [2.45, 2.75) is 6.10 Å². The average molecular weight is 193 g/mol. The van der Waals surface area contributed by atoms with Crippen LogP contribution in [0.5, 0.6) is 5.75 Å². The van der Waals surface area contributed by atoms with Gasteiger partial charge in [0.1, 0.15) is 5.75 Å². The van der Waals surface area contributed by atoms with Crippen LogP contribution in [0.2, 0.25) is 0 Å². The second-order valence-corrected chi connectivity index (χ2v) is 2.67. The van der Waals surface area contributed by atoms with Crippen LogP contribution in [0.4, 0.5) is 0 Å². The van der Waals surface area contributed by atoms with Gasteiger partial charge in [0.2, 0.25) is 0 Å². The van der Waals surface area contributed by atoms with Crippen molar-refractivity contribution in [3.63, 3.8) is 0 Å². The molecule has 1 N–H and O–H groups in total. The normalized spacial score (nSPS) is 11.6. The van der Waals surface area contributed by atoms with Crippen LogP contribution in [0.25, 0.3) is 10.4 Å². The Bertz CT molecular complexity index is 348. The highest BCUT2D eigenvalue weighted by molar-refractivity contribution is 5.35. The molecule has 0 heterocycles. The van der Waals surface area contributed by atoms with E-state index in [0.29, 0.717) is 11.3 Å². The molecule has 0 aromatic heterocycles. The lowest BCUT2D eigenvalue weighted by atomic mass is 10.1. The number of para-hydroxylation sites is 1. The molecule has 0 spiro atoms. The lowest BCUT2D eigenvalue weighted by Crippen LogP contribution is -2.03. The van der Waals surface area contributed by atoms with Gasteiger partial charge in [-0.25, -0.2) is 0 Å². The van der Waals surface area contributed by atoms with Gasteiger partial charge in [0.05, 0.1) is 19.8 Å². The van der Waals surface area contributed by atoms with Gasteiger partial charge < -0.3 is 9.84 Å². The van der Waals surface area contributed by atoms with E-state index in [0.717, 1.165) is 0 Å². The predicted molar refractivity (Wildman–Crippen MR) is 52.0 cm³/mol. The number of rotatable bonds is 4. The first kappa shape index (κ1) is 10.4. The Hall–Kier alpha value is -1.71. The number of azide groups is 1. The summed E-state index contributed by atoms with van der Waals surface area (Å²) in [5.41, 5.74) is 8.73. The average Bonchev–Trinajstić information content (AvgIpc) is 2.25. The van der Waals surface area contributed by atoms with Crippen molar-refractivity contribution < 1.29 is 9.84 Å². The number of benzene rings is 1. The number of ether oxygens (including phenoxy) is 1. The molecule has 0 radical (unpaired) electrons. The molecule has 1 aromatic carbocycles. The van der Waals surface area contributed by atoms with Crippen LogP contribution < -0.4 is 4.74 Å². The minimum Gasteiger partial charge on any atom is -0.496 e. The summed E-state index contributed by atoms with van der Waals surface area (Å²) in [5.74, 6) is 0.591. The zero-order valence-electron chi connectivity index (χ0n) is 7.79. The highest BCUT2D eigenvalue weighted by atomic mass is 16.5. The Labute approximate surface area is 81.6 Å². The van der Waals surface area contributed by atoms with E-state index in [1.54, 1.807) is 18.2 Å². The van der Waals surface area contributed by atoms with Crippen LogP contribution >= 0.6 is 0 Å². The molecule has 0 aliphatic heterocycles. The molecule has 14 heavy (non-hydrogen) atoms. The van der Waals surface area contributed by atoms with Crippen LogP contribution in [-0.4, -0.2) is 18.8 Å². The summed E-state index contributed by atoms with van der Waals surface area (Å²) < 4.78 is 5.05. The molecule has 5 nitrogen and oxygen atoms in total. The third kappa shape index (κ3) is 2.39. The van der Waals surface area contributed by atoms with Crippen LogP contribution in [0.1, 0.15) is 11.7 Å². The van der Waals surface area contributed by atoms with E-state index >= 15 is 0 Å². The first-order valence-electron chi connectivity index (χ1n) is 4.11. The fourth-order valence-electron chi connectivity index (χ4n) is 1.15. The van der Waals surface area contributed by atoms with E-state index in [1.807, 2.05) is 6.07 Å².